The second-order valence-electron chi connectivity index (χ2n) is 6.55. The second kappa shape index (κ2) is 8.65. The normalized spacial score (nSPS) is 11.1. The maximum atomic E-state index is 12.3. The van der Waals surface area contributed by atoms with Gasteiger partial charge in [0.05, 0.1) is 0 Å². The Labute approximate surface area is 145 Å². The lowest BCUT2D eigenvalue weighted by Crippen LogP contribution is -2.27. The Kier molecular flexibility index (Phi) is 6.56. The third-order valence-electron chi connectivity index (χ3n) is 3.79. The fourth-order valence-corrected chi connectivity index (χ4v) is 2.49. The summed E-state index contributed by atoms with van der Waals surface area (Å²) in [6, 6.07) is 16.3. The topological polar surface area (TPSA) is 38.3 Å². The van der Waals surface area contributed by atoms with Crippen molar-refractivity contribution < 1.29 is 9.53 Å². The summed E-state index contributed by atoms with van der Waals surface area (Å²) in [6.45, 7) is 9.39. The summed E-state index contributed by atoms with van der Waals surface area (Å²) in [5.74, 6) is 0.876. The Bertz CT molecular complexity index is 663. The van der Waals surface area contributed by atoms with Crippen LogP contribution < -0.4 is 10.1 Å². The highest BCUT2D eigenvalue weighted by molar-refractivity contribution is 5.98. The molecule has 0 saturated heterocycles. The van der Waals surface area contributed by atoms with Gasteiger partial charge < -0.3 is 10.1 Å². The van der Waals surface area contributed by atoms with E-state index in [9.17, 15) is 4.79 Å². The number of benzene rings is 2. The van der Waals surface area contributed by atoms with E-state index >= 15 is 0 Å². The van der Waals surface area contributed by atoms with Crippen molar-refractivity contribution in [2.45, 2.75) is 33.7 Å². The molecule has 3 heteroatoms. The van der Waals surface area contributed by atoms with Crippen LogP contribution in [-0.2, 0) is 0 Å². The molecule has 1 N–H and O–H groups in total. The van der Waals surface area contributed by atoms with Crippen LogP contribution in [0.25, 0.3) is 11.1 Å². The lowest BCUT2D eigenvalue weighted by molar-refractivity contribution is 0.0939. The van der Waals surface area contributed by atoms with E-state index in [1.54, 1.807) is 0 Å². The van der Waals surface area contributed by atoms with Crippen LogP contribution in [0.4, 0.5) is 0 Å². The minimum Gasteiger partial charge on any atom is -0.492 e. The Hall–Kier alpha value is -2.13. The standard InChI is InChI=1S/C21H27NO2/c1-15(2)21(23)18-10-11-19(17-8-6-5-7-9-17)20(14-18)24-13-12-22-16(3)4/h5-11,14-16,22H,12-13H2,1-4H3. The average Bonchev–Trinajstić information content (AvgIpc) is 2.58. The van der Waals surface area contributed by atoms with Crippen LogP contribution in [0.1, 0.15) is 38.1 Å². The molecule has 0 radical (unpaired) electrons. The Morgan fingerprint density at radius 3 is 2.38 bits per heavy atom. The van der Waals surface area contributed by atoms with Gasteiger partial charge in [0.2, 0.25) is 0 Å². The summed E-state index contributed by atoms with van der Waals surface area (Å²) in [5, 5.41) is 3.34. The van der Waals surface area contributed by atoms with E-state index in [2.05, 4.69) is 31.3 Å². The van der Waals surface area contributed by atoms with Crippen molar-refractivity contribution in [3.63, 3.8) is 0 Å². The van der Waals surface area contributed by atoms with Crippen LogP contribution in [0.15, 0.2) is 48.5 Å². The third-order valence-corrected chi connectivity index (χ3v) is 3.79. The van der Waals surface area contributed by atoms with E-state index in [0.29, 0.717) is 18.2 Å². The van der Waals surface area contributed by atoms with Crippen LogP contribution in [0.2, 0.25) is 0 Å². The maximum Gasteiger partial charge on any atom is 0.165 e. The summed E-state index contributed by atoms with van der Waals surface area (Å²) in [5.41, 5.74) is 2.81. The molecule has 0 heterocycles. The minimum atomic E-state index is -0.0250. The monoisotopic (exact) mass is 325 g/mol. The maximum absolute atomic E-state index is 12.3. The lowest BCUT2D eigenvalue weighted by atomic mass is 9.97. The van der Waals surface area contributed by atoms with Crippen LogP contribution in [-0.4, -0.2) is 25.0 Å². The Balaban J connectivity index is 2.27. The Morgan fingerprint density at radius 2 is 1.75 bits per heavy atom. The zero-order valence-electron chi connectivity index (χ0n) is 15.0. The molecule has 0 atom stereocenters. The molecule has 0 saturated carbocycles. The zero-order valence-corrected chi connectivity index (χ0v) is 15.0. The SMILES string of the molecule is CC(C)NCCOc1cc(C(=O)C(C)C)ccc1-c1ccccc1. The molecular weight excluding hydrogens is 298 g/mol. The molecular formula is C21H27NO2. The van der Waals surface area contributed by atoms with E-state index in [0.717, 1.165) is 23.4 Å². The molecule has 0 aliphatic heterocycles. The number of carbonyl (C=O) groups is 1. The molecule has 2 rings (SSSR count). The summed E-state index contributed by atoms with van der Waals surface area (Å²) in [4.78, 5) is 12.3. The van der Waals surface area contributed by atoms with Crippen molar-refractivity contribution in [3.8, 4) is 16.9 Å². The lowest BCUT2D eigenvalue weighted by Gasteiger charge is -2.15. The first-order valence-corrected chi connectivity index (χ1v) is 8.59. The van der Waals surface area contributed by atoms with Gasteiger partial charge in [0, 0.05) is 29.6 Å². The number of hydrogen-bond donors (Lipinski definition) is 1. The fraction of sp³-hybridized carbons (Fsp3) is 0.381. The van der Waals surface area contributed by atoms with E-state index < -0.39 is 0 Å². The highest BCUT2D eigenvalue weighted by Gasteiger charge is 2.14. The van der Waals surface area contributed by atoms with Gasteiger partial charge in [-0.3, -0.25) is 4.79 Å². The van der Waals surface area contributed by atoms with Crippen molar-refractivity contribution in [3.05, 3.63) is 54.1 Å². The molecule has 0 bridgehead atoms. The van der Waals surface area contributed by atoms with Gasteiger partial charge in [0.25, 0.3) is 0 Å². The van der Waals surface area contributed by atoms with Gasteiger partial charge in [-0.15, -0.1) is 0 Å². The second-order valence-corrected chi connectivity index (χ2v) is 6.55. The molecule has 24 heavy (non-hydrogen) atoms. The predicted molar refractivity (Wildman–Crippen MR) is 99.7 cm³/mol. The molecule has 2 aromatic rings. The summed E-state index contributed by atoms with van der Waals surface area (Å²) in [7, 11) is 0. The highest BCUT2D eigenvalue weighted by Crippen LogP contribution is 2.31. The number of rotatable bonds is 8. The first-order chi connectivity index (χ1) is 11.5. The molecule has 0 unspecified atom stereocenters. The Morgan fingerprint density at radius 1 is 1.04 bits per heavy atom. The zero-order chi connectivity index (χ0) is 17.5. The van der Waals surface area contributed by atoms with Gasteiger partial charge in [-0.1, -0.05) is 64.1 Å². The number of Topliss-reactive ketones (excluding diaryl/α,β-unsaturated/α-hetero) is 1. The molecule has 2 aromatic carbocycles. The average molecular weight is 325 g/mol. The number of hydrogen-bond acceptors (Lipinski definition) is 3. The molecule has 0 aromatic heterocycles. The van der Waals surface area contributed by atoms with Crippen molar-refractivity contribution in [2.24, 2.45) is 5.92 Å². The minimum absolute atomic E-state index is 0.0250. The molecule has 0 aliphatic carbocycles. The van der Waals surface area contributed by atoms with Gasteiger partial charge in [-0.2, -0.15) is 0 Å². The first kappa shape index (κ1) is 18.2. The highest BCUT2D eigenvalue weighted by atomic mass is 16.5. The number of ether oxygens (including phenoxy) is 1. The van der Waals surface area contributed by atoms with Gasteiger partial charge in [-0.05, 0) is 17.7 Å². The number of nitrogens with one attached hydrogen (secondary N) is 1. The number of carbonyl (C=O) groups excluding carboxylic acids is 1. The van der Waals surface area contributed by atoms with E-state index in [1.807, 2.05) is 50.2 Å². The fourth-order valence-electron chi connectivity index (χ4n) is 2.49. The quantitative estimate of drug-likeness (QED) is 0.571. The molecule has 0 spiro atoms. The summed E-state index contributed by atoms with van der Waals surface area (Å²) in [6.07, 6.45) is 0. The first-order valence-electron chi connectivity index (χ1n) is 8.59. The van der Waals surface area contributed by atoms with Crippen molar-refractivity contribution >= 4 is 5.78 Å². The van der Waals surface area contributed by atoms with E-state index in [4.69, 9.17) is 4.74 Å². The predicted octanol–water partition coefficient (Wildman–Crippen LogP) is 4.57. The third kappa shape index (κ3) is 4.93. The van der Waals surface area contributed by atoms with Crippen molar-refractivity contribution in [1.29, 1.82) is 0 Å². The van der Waals surface area contributed by atoms with E-state index in [-0.39, 0.29) is 11.7 Å². The number of ketones is 1. The molecule has 0 amide bonds. The largest absolute Gasteiger partial charge is 0.492 e. The smallest absolute Gasteiger partial charge is 0.165 e. The van der Waals surface area contributed by atoms with Crippen LogP contribution in [0.3, 0.4) is 0 Å². The van der Waals surface area contributed by atoms with Crippen LogP contribution in [0.5, 0.6) is 5.75 Å². The molecule has 3 nitrogen and oxygen atoms in total. The molecule has 128 valence electrons. The van der Waals surface area contributed by atoms with Gasteiger partial charge in [0.1, 0.15) is 12.4 Å². The van der Waals surface area contributed by atoms with Crippen molar-refractivity contribution in [1.82, 2.24) is 5.32 Å². The summed E-state index contributed by atoms with van der Waals surface area (Å²) >= 11 is 0. The van der Waals surface area contributed by atoms with Gasteiger partial charge >= 0.3 is 0 Å². The molecule has 0 fully saturated rings. The van der Waals surface area contributed by atoms with Crippen LogP contribution in [0, 0.1) is 5.92 Å². The van der Waals surface area contributed by atoms with Gasteiger partial charge in [-0.25, -0.2) is 0 Å². The summed E-state index contributed by atoms with van der Waals surface area (Å²) < 4.78 is 6.00. The van der Waals surface area contributed by atoms with E-state index in [1.165, 1.54) is 0 Å². The molecule has 0 aliphatic rings. The van der Waals surface area contributed by atoms with Crippen LogP contribution >= 0.6 is 0 Å². The van der Waals surface area contributed by atoms with Crippen molar-refractivity contribution in [2.75, 3.05) is 13.2 Å². The van der Waals surface area contributed by atoms with Gasteiger partial charge in [0.15, 0.2) is 5.78 Å².